The number of para-hydroxylation sites is 1. The summed E-state index contributed by atoms with van der Waals surface area (Å²) in [6, 6.07) is 9.27. The van der Waals surface area contributed by atoms with Gasteiger partial charge in [-0.05, 0) is 43.5 Å². The Morgan fingerprint density at radius 2 is 1.89 bits per heavy atom. The molecule has 5 rings (SSSR count). The van der Waals surface area contributed by atoms with Crippen molar-refractivity contribution >= 4 is 16.6 Å². The summed E-state index contributed by atoms with van der Waals surface area (Å²) in [5.74, 6) is -1.42. The molecule has 3 N–H and O–H groups in total. The summed E-state index contributed by atoms with van der Waals surface area (Å²) >= 11 is 0. The van der Waals surface area contributed by atoms with E-state index in [0.717, 1.165) is 16.5 Å². The summed E-state index contributed by atoms with van der Waals surface area (Å²) in [7, 11) is 0. The molecular weight excluding hydrogens is 472 g/mol. The van der Waals surface area contributed by atoms with E-state index in [1.807, 2.05) is 31.2 Å². The van der Waals surface area contributed by atoms with Gasteiger partial charge in [0.05, 0.1) is 25.4 Å². The number of alkyl halides is 2. The number of rotatable bonds is 9. The van der Waals surface area contributed by atoms with Crippen LogP contribution in [0, 0.1) is 11.6 Å². The molecular formula is C27H32F4N4O. The van der Waals surface area contributed by atoms with Gasteiger partial charge in [-0.2, -0.15) is 0 Å². The van der Waals surface area contributed by atoms with Crippen molar-refractivity contribution in [3.05, 3.63) is 64.9 Å². The number of nitrogens with zero attached hydrogens (tertiary/aromatic N) is 2. The molecule has 0 aliphatic carbocycles. The number of aliphatic hydroxyl groups is 1. The van der Waals surface area contributed by atoms with Gasteiger partial charge in [-0.25, -0.2) is 13.2 Å². The minimum Gasteiger partial charge on any atom is -0.393 e. The summed E-state index contributed by atoms with van der Waals surface area (Å²) in [5.41, 5.74) is 2.70. The third kappa shape index (κ3) is 4.71. The van der Waals surface area contributed by atoms with Crippen LogP contribution < -0.4 is 5.32 Å². The lowest BCUT2D eigenvalue weighted by Gasteiger charge is -2.42. The molecule has 3 atom stereocenters. The van der Waals surface area contributed by atoms with Crippen molar-refractivity contribution < 1.29 is 22.7 Å². The van der Waals surface area contributed by atoms with E-state index in [9.17, 15) is 13.9 Å². The number of fused-ring (bicyclic) bond motifs is 3. The largest absolute Gasteiger partial charge is 0.393 e. The Hall–Kier alpha value is -2.62. The highest BCUT2D eigenvalue weighted by molar-refractivity contribution is 5.85. The Kier molecular flexibility index (Phi) is 7.23. The fourth-order valence-electron chi connectivity index (χ4n) is 5.68. The van der Waals surface area contributed by atoms with Crippen LogP contribution in [-0.4, -0.2) is 77.6 Å². The molecule has 2 aliphatic rings. The number of anilines is 1. The Bertz CT molecular complexity index is 1190. The Morgan fingerprint density at radius 3 is 2.58 bits per heavy atom. The summed E-state index contributed by atoms with van der Waals surface area (Å²) in [6.45, 7) is 2.80. The van der Waals surface area contributed by atoms with Crippen LogP contribution in [0.5, 0.6) is 0 Å². The van der Waals surface area contributed by atoms with E-state index in [-0.39, 0.29) is 30.9 Å². The van der Waals surface area contributed by atoms with Crippen molar-refractivity contribution in [2.45, 2.75) is 44.1 Å². The number of aliphatic hydroxyl groups excluding tert-OH is 1. The van der Waals surface area contributed by atoms with Gasteiger partial charge >= 0.3 is 0 Å². The average molecular weight is 505 g/mol. The number of nitrogens with one attached hydrogen (secondary N) is 2. The maximum absolute atomic E-state index is 15.7. The van der Waals surface area contributed by atoms with Crippen LogP contribution >= 0.6 is 0 Å². The van der Waals surface area contributed by atoms with E-state index in [1.165, 1.54) is 12.1 Å². The van der Waals surface area contributed by atoms with E-state index >= 15 is 8.78 Å². The summed E-state index contributed by atoms with van der Waals surface area (Å²) in [5, 5.41) is 13.5. The van der Waals surface area contributed by atoms with Gasteiger partial charge in [0.15, 0.2) is 0 Å². The van der Waals surface area contributed by atoms with Crippen molar-refractivity contribution in [3.8, 4) is 0 Å². The van der Waals surface area contributed by atoms with Crippen LogP contribution in [-0.2, 0) is 6.42 Å². The maximum Gasteiger partial charge on any atom is 0.136 e. The number of aromatic amines is 1. The predicted molar refractivity (Wildman–Crippen MR) is 133 cm³/mol. The van der Waals surface area contributed by atoms with E-state index < -0.39 is 30.5 Å². The van der Waals surface area contributed by atoms with Crippen molar-refractivity contribution in [1.29, 1.82) is 0 Å². The molecule has 194 valence electrons. The van der Waals surface area contributed by atoms with Crippen molar-refractivity contribution in [2.75, 3.05) is 44.8 Å². The monoisotopic (exact) mass is 504 g/mol. The van der Waals surface area contributed by atoms with Crippen LogP contribution in [0.4, 0.5) is 23.2 Å². The van der Waals surface area contributed by atoms with Crippen molar-refractivity contribution in [2.24, 2.45) is 0 Å². The molecule has 3 aromatic rings. The normalized spacial score (nSPS) is 21.9. The number of benzene rings is 2. The fraction of sp³-hybridized carbons (Fsp3) is 0.481. The van der Waals surface area contributed by atoms with Crippen LogP contribution in [0.1, 0.15) is 36.2 Å². The first-order valence-electron chi connectivity index (χ1n) is 12.5. The standard InChI is InChI=1S/C27H32F4N4O/c1-16-9-21-20-5-2-3-6-24(20)33-26(21)27(35(16)12-17(29)15-36)25-22(30)10-18(11-23(25)31)32-19-13-34(14-19)8-4-7-28/h2-3,5-6,10-11,16-17,19,27,32-33,36H,4,7-9,12-15H2,1H3/t16-,17?,27-/m1/s1. The topological polar surface area (TPSA) is 54.5 Å². The van der Waals surface area contributed by atoms with Gasteiger partial charge in [0, 0.05) is 60.1 Å². The number of hydrogen-bond donors (Lipinski definition) is 3. The quantitative estimate of drug-likeness (QED) is 0.374. The first kappa shape index (κ1) is 25.0. The zero-order chi connectivity index (χ0) is 25.4. The van der Waals surface area contributed by atoms with E-state index in [4.69, 9.17) is 0 Å². The molecule has 3 heterocycles. The second-order valence-corrected chi connectivity index (χ2v) is 9.99. The fourth-order valence-corrected chi connectivity index (χ4v) is 5.68. The van der Waals surface area contributed by atoms with Gasteiger partial charge in [0.2, 0.25) is 0 Å². The highest BCUT2D eigenvalue weighted by Crippen LogP contribution is 2.43. The molecule has 0 radical (unpaired) electrons. The Morgan fingerprint density at radius 1 is 1.17 bits per heavy atom. The predicted octanol–water partition coefficient (Wildman–Crippen LogP) is 4.57. The number of aromatic nitrogens is 1. The Labute approximate surface area is 208 Å². The molecule has 2 aliphatic heterocycles. The van der Waals surface area contributed by atoms with Crippen LogP contribution in [0.2, 0.25) is 0 Å². The molecule has 0 bridgehead atoms. The van der Waals surface area contributed by atoms with Crippen LogP contribution in [0.15, 0.2) is 36.4 Å². The van der Waals surface area contributed by atoms with Crippen molar-refractivity contribution in [1.82, 2.24) is 14.8 Å². The molecule has 1 fully saturated rings. The molecule has 1 unspecified atom stereocenters. The SMILES string of the molecule is C[C@@H]1Cc2c([nH]c3ccccc23)[C@@H](c2c(F)cc(NC3CN(CCCF)C3)cc2F)N1CC(F)CO. The zero-order valence-electron chi connectivity index (χ0n) is 20.3. The molecule has 5 nitrogen and oxygen atoms in total. The van der Waals surface area contributed by atoms with Gasteiger partial charge in [0.25, 0.3) is 0 Å². The van der Waals surface area contributed by atoms with E-state index in [0.29, 0.717) is 43.9 Å². The minimum atomic E-state index is -1.54. The van der Waals surface area contributed by atoms with Gasteiger partial charge < -0.3 is 15.4 Å². The Balaban J connectivity index is 1.48. The lowest BCUT2D eigenvalue weighted by Crippen LogP contribution is -2.54. The third-order valence-electron chi connectivity index (χ3n) is 7.41. The van der Waals surface area contributed by atoms with Gasteiger partial charge in [-0.15, -0.1) is 0 Å². The first-order chi connectivity index (χ1) is 17.4. The highest BCUT2D eigenvalue weighted by Gasteiger charge is 2.39. The van der Waals surface area contributed by atoms with Crippen molar-refractivity contribution in [3.63, 3.8) is 0 Å². The highest BCUT2D eigenvalue weighted by atomic mass is 19.1. The average Bonchev–Trinajstić information content (AvgIpc) is 3.19. The second-order valence-electron chi connectivity index (χ2n) is 9.99. The number of H-pyrrole nitrogens is 1. The molecule has 0 amide bonds. The van der Waals surface area contributed by atoms with Gasteiger partial charge in [-0.3, -0.25) is 14.2 Å². The zero-order valence-corrected chi connectivity index (χ0v) is 20.3. The molecule has 2 aromatic carbocycles. The minimum absolute atomic E-state index is 0.0395. The molecule has 0 spiro atoms. The van der Waals surface area contributed by atoms with Crippen LogP contribution in [0.25, 0.3) is 10.9 Å². The maximum atomic E-state index is 15.7. The summed E-state index contributed by atoms with van der Waals surface area (Å²) < 4.78 is 58.1. The van der Waals surface area contributed by atoms with E-state index in [1.54, 1.807) is 4.90 Å². The molecule has 36 heavy (non-hydrogen) atoms. The molecule has 0 saturated carbocycles. The first-order valence-corrected chi connectivity index (χ1v) is 12.5. The summed E-state index contributed by atoms with van der Waals surface area (Å²) in [4.78, 5) is 7.17. The van der Waals surface area contributed by atoms with Gasteiger partial charge in [-0.1, -0.05) is 18.2 Å². The van der Waals surface area contributed by atoms with E-state index in [2.05, 4.69) is 15.2 Å². The lowest BCUT2D eigenvalue weighted by molar-refractivity contribution is 0.0750. The number of halogens is 4. The number of hydrogen-bond acceptors (Lipinski definition) is 4. The molecule has 1 aromatic heterocycles. The smallest absolute Gasteiger partial charge is 0.136 e. The summed E-state index contributed by atoms with van der Waals surface area (Å²) in [6.07, 6.45) is -0.462. The van der Waals surface area contributed by atoms with Crippen LogP contribution in [0.3, 0.4) is 0 Å². The molecule has 9 heteroatoms. The van der Waals surface area contributed by atoms with Gasteiger partial charge in [0.1, 0.15) is 17.8 Å². The number of likely N-dealkylation sites (tertiary alicyclic amines) is 1. The lowest BCUT2D eigenvalue weighted by atomic mass is 9.87. The second kappa shape index (κ2) is 10.4. The molecule has 1 saturated heterocycles. The third-order valence-corrected chi connectivity index (χ3v) is 7.41.